The van der Waals surface area contributed by atoms with Crippen LogP contribution < -0.4 is 10.2 Å². The van der Waals surface area contributed by atoms with Crippen LogP contribution in [0.1, 0.15) is 18.4 Å². The van der Waals surface area contributed by atoms with Crippen molar-refractivity contribution < 1.29 is 9.21 Å². The maximum atomic E-state index is 11.9. The van der Waals surface area contributed by atoms with Crippen LogP contribution in [0.25, 0.3) is 17.2 Å². The van der Waals surface area contributed by atoms with Gasteiger partial charge in [-0.15, -0.1) is 0 Å². The Morgan fingerprint density at radius 2 is 2.15 bits per heavy atom. The maximum Gasteiger partial charge on any atom is 0.298 e. The Morgan fingerprint density at radius 3 is 2.92 bits per heavy atom. The Morgan fingerprint density at radius 1 is 1.31 bits per heavy atom. The molecule has 1 aliphatic heterocycles. The number of rotatable bonds is 5. The van der Waals surface area contributed by atoms with E-state index in [-0.39, 0.29) is 5.91 Å². The molecule has 0 unspecified atom stereocenters. The molecule has 1 aliphatic rings. The molecule has 0 aliphatic carbocycles. The van der Waals surface area contributed by atoms with E-state index in [9.17, 15) is 4.79 Å². The fourth-order valence-electron chi connectivity index (χ4n) is 3.17. The summed E-state index contributed by atoms with van der Waals surface area (Å²) >= 11 is 1.63. The van der Waals surface area contributed by atoms with E-state index in [2.05, 4.69) is 15.2 Å². The van der Waals surface area contributed by atoms with Gasteiger partial charge in [0.05, 0.1) is 0 Å². The van der Waals surface area contributed by atoms with Crippen LogP contribution >= 0.6 is 11.3 Å². The van der Waals surface area contributed by atoms with Gasteiger partial charge >= 0.3 is 0 Å². The van der Waals surface area contributed by atoms with E-state index in [1.807, 2.05) is 47.2 Å². The molecule has 0 spiro atoms. The molecule has 4 rings (SSSR count). The number of nitrogens with one attached hydrogen (secondary N) is 1. The molecule has 1 N–H and O–H groups in total. The second-order valence-electron chi connectivity index (χ2n) is 6.53. The van der Waals surface area contributed by atoms with Gasteiger partial charge in [-0.1, -0.05) is 12.1 Å². The highest BCUT2D eigenvalue weighted by Crippen LogP contribution is 2.26. The lowest BCUT2D eigenvalue weighted by Gasteiger charge is -2.30. The van der Waals surface area contributed by atoms with Gasteiger partial charge in [0.25, 0.3) is 6.01 Å². The second-order valence-corrected chi connectivity index (χ2v) is 7.31. The molecule has 0 bridgehead atoms. The normalized spacial score (nSPS) is 15.8. The Balaban J connectivity index is 1.25. The molecular weight excluding hydrogens is 346 g/mol. The Bertz CT molecular complexity index is 860. The van der Waals surface area contributed by atoms with E-state index < -0.39 is 0 Å². The number of carbonyl (C=O) groups is 1. The summed E-state index contributed by atoms with van der Waals surface area (Å²) in [7, 11) is 0. The van der Waals surface area contributed by atoms with Crippen molar-refractivity contribution in [3.8, 4) is 0 Å². The van der Waals surface area contributed by atoms with Gasteiger partial charge in [0.1, 0.15) is 5.52 Å². The number of benzene rings is 1. The molecule has 2 aromatic heterocycles. The number of amides is 1. The number of hydrogen-bond donors (Lipinski definition) is 1. The smallest absolute Gasteiger partial charge is 0.298 e. The van der Waals surface area contributed by atoms with Gasteiger partial charge in [0.2, 0.25) is 5.91 Å². The van der Waals surface area contributed by atoms with Crippen molar-refractivity contribution in [2.24, 2.45) is 5.92 Å². The molecule has 6 heteroatoms. The molecule has 1 saturated heterocycles. The third-order valence-corrected chi connectivity index (χ3v) is 5.40. The minimum absolute atomic E-state index is 0.0300. The van der Waals surface area contributed by atoms with Gasteiger partial charge in [-0.2, -0.15) is 16.3 Å². The lowest BCUT2D eigenvalue weighted by molar-refractivity contribution is -0.116. The number of oxazole rings is 1. The highest BCUT2D eigenvalue weighted by Gasteiger charge is 2.22. The average molecular weight is 367 g/mol. The van der Waals surface area contributed by atoms with Crippen molar-refractivity contribution in [1.29, 1.82) is 0 Å². The molecule has 3 heterocycles. The van der Waals surface area contributed by atoms with Crippen molar-refractivity contribution in [3.63, 3.8) is 0 Å². The number of hydrogen-bond acceptors (Lipinski definition) is 5. The van der Waals surface area contributed by atoms with Crippen LogP contribution in [0.3, 0.4) is 0 Å². The third kappa shape index (κ3) is 3.96. The topological polar surface area (TPSA) is 58.4 Å². The molecule has 1 aromatic carbocycles. The van der Waals surface area contributed by atoms with E-state index in [4.69, 9.17) is 4.42 Å². The molecule has 134 valence electrons. The molecule has 0 atom stereocenters. The summed E-state index contributed by atoms with van der Waals surface area (Å²) in [6.07, 6.45) is 5.50. The largest absolute Gasteiger partial charge is 0.423 e. The first-order valence-corrected chi connectivity index (χ1v) is 9.81. The van der Waals surface area contributed by atoms with Crippen LogP contribution in [0.15, 0.2) is 51.6 Å². The molecule has 0 saturated carbocycles. The van der Waals surface area contributed by atoms with Crippen LogP contribution in [0.2, 0.25) is 0 Å². The second kappa shape index (κ2) is 7.74. The van der Waals surface area contributed by atoms with Gasteiger partial charge in [0.15, 0.2) is 5.58 Å². The van der Waals surface area contributed by atoms with Crippen LogP contribution in [0.5, 0.6) is 0 Å². The van der Waals surface area contributed by atoms with Crippen LogP contribution in [0.4, 0.5) is 6.01 Å². The predicted molar refractivity (Wildman–Crippen MR) is 105 cm³/mol. The fraction of sp³-hybridized carbons (Fsp3) is 0.300. The van der Waals surface area contributed by atoms with E-state index in [0.717, 1.165) is 42.6 Å². The van der Waals surface area contributed by atoms with Gasteiger partial charge in [-0.25, -0.2) is 0 Å². The number of anilines is 1. The summed E-state index contributed by atoms with van der Waals surface area (Å²) < 4.78 is 5.85. The summed E-state index contributed by atoms with van der Waals surface area (Å²) in [5.41, 5.74) is 2.79. The van der Waals surface area contributed by atoms with Crippen LogP contribution in [-0.2, 0) is 4.79 Å². The van der Waals surface area contributed by atoms with E-state index in [1.165, 1.54) is 0 Å². The van der Waals surface area contributed by atoms with E-state index >= 15 is 0 Å². The third-order valence-electron chi connectivity index (χ3n) is 4.70. The lowest BCUT2D eigenvalue weighted by Crippen LogP contribution is -2.38. The minimum Gasteiger partial charge on any atom is -0.423 e. The minimum atomic E-state index is -0.0300. The Labute approximate surface area is 156 Å². The number of carbonyl (C=O) groups excluding carboxylic acids is 1. The number of fused-ring (bicyclic) bond motifs is 1. The van der Waals surface area contributed by atoms with Crippen LogP contribution in [-0.4, -0.2) is 30.5 Å². The van der Waals surface area contributed by atoms with E-state index in [1.54, 1.807) is 17.4 Å². The average Bonchev–Trinajstić information content (AvgIpc) is 3.34. The van der Waals surface area contributed by atoms with E-state index in [0.29, 0.717) is 18.5 Å². The summed E-state index contributed by atoms with van der Waals surface area (Å²) in [5, 5.41) is 7.03. The fourth-order valence-corrected chi connectivity index (χ4v) is 3.80. The number of piperidine rings is 1. The lowest BCUT2D eigenvalue weighted by atomic mass is 9.97. The van der Waals surface area contributed by atoms with Crippen molar-refractivity contribution in [2.75, 3.05) is 24.5 Å². The Hall–Kier alpha value is -2.60. The monoisotopic (exact) mass is 367 g/mol. The highest BCUT2D eigenvalue weighted by molar-refractivity contribution is 7.08. The van der Waals surface area contributed by atoms with Crippen LogP contribution in [0, 0.1) is 5.92 Å². The summed E-state index contributed by atoms with van der Waals surface area (Å²) in [6, 6.07) is 10.5. The van der Waals surface area contributed by atoms with Crippen molar-refractivity contribution in [2.45, 2.75) is 12.8 Å². The Kier molecular flexibility index (Phi) is 5.02. The SMILES string of the molecule is O=C(/C=C/c1ccsc1)NCC1CCN(c2nc3ccccc3o2)CC1. The number of thiophene rings is 1. The van der Waals surface area contributed by atoms with Gasteiger partial charge in [0, 0.05) is 25.7 Å². The maximum absolute atomic E-state index is 11.9. The van der Waals surface area contributed by atoms with Crippen molar-refractivity contribution >= 4 is 40.4 Å². The molecule has 1 amide bonds. The summed E-state index contributed by atoms with van der Waals surface area (Å²) in [5.74, 6) is 0.465. The first-order chi connectivity index (χ1) is 12.8. The molecule has 3 aromatic rings. The number of aromatic nitrogens is 1. The molecular formula is C20H21N3O2S. The number of para-hydroxylation sites is 2. The number of nitrogens with zero attached hydrogens (tertiary/aromatic N) is 2. The van der Waals surface area contributed by atoms with Gasteiger partial charge in [-0.05, 0) is 59.4 Å². The zero-order valence-corrected chi connectivity index (χ0v) is 15.2. The quantitative estimate of drug-likeness (QED) is 0.694. The van der Waals surface area contributed by atoms with Gasteiger partial charge < -0.3 is 14.6 Å². The highest BCUT2D eigenvalue weighted by atomic mass is 32.1. The van der Waals surface area contributed by atoms with Gasteiger partial charge in [-0.3, -0.25) is 4.79 Å². The first kappa shape index (κ1) is 16.8. The van der Waals surface area contributed by atoms with Crippen molar-refractivity contribution in [3.05, 3.63) is 52.7 Å². The first-order valence-electron chi connectivity index (χ1n) is 8.86. The van der Waals surface area contributed by atoms with Crippen molar-refractivity contribution in [1.82, 2.24) is 10.3 Å². The summed E-state index contributed by atoms with van der Waals surface area (Å²) in [4.78, 5) is 18.7. The molecule has 1 fully saturated rings. The molecule has 0 radical (unpaired) electrons. The summed E-state index contributed by atoms with van der Waals surface area (Å²) in [6.45, 7) is 2.52. The zero-order chi connectivity index (χ0) is 17.8. The predicted octanol–water partition coefficient (Wildman–Crippen LogP) is 3.94. The standard InChI is InChI=1S/C20H21N3O2S/c24-19(6-5-16-9-12-26-14-16)21-13-15-7-10-23(11-8-15)20-22-17-3-1-2-4-18(17)25-20/h1-6,9,12,14-15H,7-8,10-11,13H2,(H,21,24)/b6-5+. The zero-order valence-electron chi connectivity index (χ0n) is 14.4. The molecule has 26 heavy (non-hydrogen) atoms. The molecule has 5 nitrogen and oxygen atoms in total.